The van der Waals surface area contributed by atoms with E-state index in [1.165, 1.54) is 6.07 Å². The largest absolute Gasteiger partial charge is 0.411 e. The van der Waals surface area contributed by atoms with E-state index >= 15 is 0 Å². The molecule has 1 aliphatic carbocycles. The zero-order valence-electron chi connectivity index (χ0n) is 10.7. The quantitative estimate of drug-likeness (QED) is 0.861. The molecule has 1 saturated carbocycles. The molecular formula is C13H11F3N2O2S. The van der Waals surface area contributed by atoms with Crippen LogP contribution in [0.25, 0.3) is 0 Å². The van der Waals surface area contributed by atoms with Crippen LogP contribution < -0.4 is 5.73 Å². The number of amides is 2. The van der Waals surface area contributed by atoms with Crippen LogP contribution in [0.5, 0.6) is 0 Å². The first-order valence-electron chi connectivity index (χ1n) is 5.94. The number of hydrogen-bond donors (Lipinski definition) is 1. The number of carbonyl (C=O) groups is 2. The zero-order chi connectivity index (χ0) is 15.8. The highest BCUT2D eigenvalue weighted by Crippen LogP contribution is 2.56. The van der Waals surface area contributed by atoms with Gasteiger partial charge in [-0.25, -0.2) is 0 Å². The van der Waals surface area contributed by atoms with Crippen molar-refractivity contribution in [3.05, 3.63) is 22.4 Å². The Hall–Kier alpha value is -2.01. The summed E-state index contributed by atoms with van der Waals surface area (Å²) in [6.07, 6.45) is -0.287. The maximum atomic E-state index is 13.3. The molecule has 2 rings (SSSR count). The highest BCUT2D eigenvalue weighted by atomic mass is 32.1. The van der Waals surface area contributed by atoms with Gasteiger partial charge in [-0.3, -0.25) is 9.59 Å². The molecule has 8 heteroatoms. The standard InChI is InChI=1S/C13H11F3N2O2S/c1-2-9(19)18(12(5-6-12)13(14,15)16)10(11(17)20)8-4-3-7-21-8/h1,3-4,7,10H,5-6H2,(H2,17,20). The van der Waals surface area contributed by atoms with Crippen LogP contribution in [-0.4, -0.2) is 28.4 Å². The van der Waals surface area contributed by atoms with E-state index in [-0.39, 0.29) is 17.7 Å². The maximum absolute atomic E-state index is 13.3. The first-order chi connectivity index (χ1) is 9.74. The van der Waals surface area contributed by atoms with Crippen molar-refractivity contribution in [1.82, 2.24) is 4.90 Å². The van der Waals surface area contributed by atoms with E-state index in [9.17, 15) is 22.8 Å². The molecule has 1 atom stereocenters. The number of nitrogens with two attached hydrogens (primary N) is 1. The van der Waals surface area contributed by atoms with Gasteiger partial charge in [-0.2, -0.15) is 13.2 Å². The molecular weight excluding hydrogens is 305 g/mol. The summed E-state index contributed by atoms with van der Waals surface area (Å²) in [5.74, 6) is -0.573. The minimum absolute atomic E-state index is 0.252. The molecule has 2 amide bonds. The highest BCUT2D eigenvalue weighted by molar-refractivity contribution is 7.10. The summed E-state index contributed by atoms with van der Waals surface area (Å²) in [5.41, 5.74) is 2.82. The van der Waals surface area contributed by atoms with Crippen LogP contribution in [0.3, 0.4) is 0 Å². The molecule has 0 aromatic carbocycles. The molecule has 1 fully saturated rings. The molecule has 1 unspecified atom stereocenters. The van der Waals surface area contributed by atoms with Crippen LogP contribution >= 0.6 is 11.3 Å². The molecule has 0 radical (unpaired) electrons. The third-order valence-electron chi connectivity index (χ3n) is 3.40. The number of nitrogens with zero attached hydrogens (tertiary/aromatic N) is 1. The first-order valence-corrected chi connectivity index (χ1v) is 6.82. The summed E-state index contributed by atoms with van der Waals surface area (Å²) in [6, 6.07) is 1.49. The Kier molecular flexibility index (Phi) is 3.72. The monoisotopic (exact) mass is 316 g/mol. The lowest BCUT2D eigenvalue weighted by molar-refractivity contribution is -0.204. The Labute approximate surface area is 122 Å². The molecule has 1 aromatic heterocycles. The molecule has 0 saturated heterocycles. The van der Waals surface area contributed by atoms with Crippen molar-refractivity contribution in [2.24, 2.45) is 5.73 Å². The van der Waals surface area contributed by atoms with Gasteiger partial charge in [0.15, 0.2) is 0 Å². The van der Waals surface area contributed by atoms with Crippen LogP contribution in [0.2, 0.25) is 0 Å². The van der Waals surface area contributed by atoms with E-state index in [2.05, 4.69) is 0 Å². The van der Waals surface area contributed by atoms with E-state index in [4.69, 9.17) is 12.2 Å². The van der Waals surface area contributed by atoms with Gasteiger partial charge in [0, 0.05) is 4.88 Å². The van der Waals surface area contributed by atoms with Crippen molar-refractivity contribution in [1.29, 1.82) is 0 Å². The van der Waals surface area contributed by atoms with E-state index in [1.54, 1.807) is 17.4 Å². The number of thiophene rings is 1. The summed E-state index contributed by atoms with van der Waals surface area (Å²) >= 11 is 1.04. The predicted octanol–water partition coefficient (Wildman–Crippen LogP) is 1.83. The van der Waals surface area contributed by atoms with E-state index < -0.39 is 29.6 Å². The van der Waals surface area contributed by atoms with Gasteiger partial charge >= 0.3 is 6.18 Å². The average Bonchev–Trinajstić information content (AvgIpc) is 3.04. The Morgan fingerprint density at radius 2 is 2.10 bits per heavy atom. The second-order valence-corrected chi connectivity index (χ2v) is 5.65. The van der Waals surface area contributed by atoms with Gasteiger partial charge < -0.3 is 10.6 Å². The van der Waals surface area contributed by atoms with Crippen molar-refractivity contribution in [3.63, 3.8) is 0 Å². The van der Waals surface area contributed by atoms with E-state index in [0.29, 0.717) is 4.90 Å². The van der Waals surface area contributed by atoms with Gasteiger partial charge in [0.05, 0.1) is 0 Å². The number of alkyl halides is 3. The summed E-state index contributed by atoms with van der Waals surface area (Å²) in [7, 11) is 0. The fraction of sp³-hybridized carbons (Fsp3) is 0.385. The minimum Gasteiger partial charge on any atom is -0.368 e. The predicted molar refractivity (Wildman–Crippen MR) is 70.0 cm³/mol. The maximum Gasteiger partial charge on any atom is 0.411 e. The van der Waals surface area contributed by atoms with Gasteiger partial charge in [0.2, 0.25) is 5.91 Å². The van der Waals surface area contributed by atoms with Crippen molar-refractivity contribution in [2.75, 3.05) is 0 Å². The van der Waals surface area contributed by atoms with Gasteiger partial charge in [0.25, 0.3) is 5.91 Å². The summed E-state index contributed by atoms with van der Waals surface area (Å²) in [6.45, 7) is 0. The van der Waals surface area contributed by atoms with Crippen molar-refractivity contribution in [2.45, 2.75) is 30.6 Å². The summed E-state index contributed by atoms with van der Waals surface area (Å²) in [4.78, 5) is 24.2. The number of hydrogen-bond acceptors (Lipinski definition) is 3. The SMILES string of the molecule is C#CC(=O)N(C(C(N)=O)c1cccs1)C1(C(F)(F)F)CC1. The van der Waals surface area contributed by atoms with Crippen LogP contribution in [0.1, 0.15) is 23.8 Å². The molecule has 0 aliphatic heterocycles. The number of carbonyl (C=O) groups excluding carboxylic acids is 2. The van der Waals surface area contributed by atoms with Gasteiger partial charge in [0.1, 0.15) is 11.6 Å². The Balaban J connectivity index is 2.53. The molecule has 4 nitrogen and oxygen atoms in total. The molecule has 1 heterocycles. The smallest absolute Gasteiger partial charge is 0.368 e. The second kappa shape index (κ2) is 5.07. The number of halogens is 3. The van der Waals surface area contributed by atoms with E-state index in [1.807, 2.05) is 0 Å². The van der Waals surface area contributed by atoms with Gasteiger partial charge in [-0.05, 0) is 30.2 Å². The molecule has 21 heavy (non-hydrogen) atoms. The molecule has 0 bridgehead atoms. The molecule has 1 aliphatic rings. The molecule has 0 spiro atoms. The Bertz CT molecular complexity index is 600. The van der Waals surface area contributed by atoms with Crippen LogP contribution in [0, 0.1) is 12.3 Å². The fourth-order valence-electron chi connectivity index (χ4n) is 2.25. The van der Waals surface area contributed by atoms with Gasteiger partial charge in [-0.1, -0.05) is 6.07 Å². The van der Waals surface area contributed by atoms with Crippen LogP contribution in [-0.2, 0) is 9.59 Å². The molecule has 112 valence electrons. The van der Waals surface area contributed by atoms with Crippen LogP contribution in [0.15, 0.2) is 17.5 Å². The molecule has 2 N–H and O–H groups in total. The van der Waals surface area contributed by atoms with Crippen molar-refractivity contribution in [3.8, 4) is 12.3 Å². The summed E-state index contributed by atoms with van der Waals surface area (Å²) in [5, 5.41) is 1.58. The Morgan fingerprint density at radius 1 is 1.48 bits per heavy atom. The normalized spacial score (nSPS) is 17.6. The highest BCUT2D eigenvalue weighted by Gasteiger charge is 2.69. The van der Waals surface area contributed by atoms with Crippen molar-refractivity contribution < 1.29 is 22.8 Å². The molecule has 1 aromatic rings. The average molecular weight is 316 g/mol. The minimum atomic E-state index is -4.68. The van der Waals surface area contributed by atoms with Crippen LogP contribution in [0.4, 0.5) is 13.2 Å². The second-order valence-electron chi connectivity index (χ2n) is 4.67. The van der Waals surface area contributed by atoms with Gasteiger partial charge in [-0.15, -0.1) is 17.8 Å². The lowest BCUT2D eigenvalue weighted by atomic mass is 10.1. The Morgan fingerprint density at radius 3 is 2.43 bits per heavy atom. The summed E-state index contributed by atoms with van der Waals surface area (Å²) < 4.78 is 39.9. The number of primary amides is 1. The number of terminal acetylenes is 1. The zero-order valence-corrected chi connectivity index (χ0v) is 11.5. The van der Waals surface area contributed by atoms with Crippen molar-refractivity contribution >= 4 is 23.2 Å². The first kappa shape index (κ1) is 15.4. The number of rotatable bonds is 4. The lowest BCUT2D eigenvalue weighted by Crippen LogP contribution is -2.55. The topological polar surface area (TPSA) is 63.4 Å². The lowest BCUT2D eigenvalue weighted by Gasteiger charge is -2.36. The third-order valence-corrected chi connectivity index (χ3v) is 4.32. The third kappa shape index (κ3) is 2.49. The fourth-order valence-corrected chi connectivity index (χ4v) is 3.07. The van der Waals surface area contributed by atoms with E-state index in [0.717, 1.165) is 11.3 Å².